The van der Waals surface area contributed by atoms with Crippen molar-refractivity contribution in [1.82, 2.24) is 14.5 Å². The monoisotopic (exact) mass is 483 g/mol. The van der Waals surface area contributed by atoms with Crippen molar-refractivity contribution in [3.8, 4) is 11.5 Å². The Kier molecular flexibility index (Phi) is 5.05. The number of hydrogen-bond acceptors (Lipinski definition) is 9. The van der Waals surface area contributed by atoms with Crippen LogP contribution >= 0.6 is 11.6 Å². The van der Waals surface area contributed by atoms with E-state index in [9.17, 15) is 33.3 Å². The molecule has 3 atom stereocenters. The van der Waals surface area contributed by atoms with Crippen LogP contribution in [0.15, 0.2) is 29.8 Å². The van der Waals surface area contributed by atoms with Crippen molar-refractivity contribution in [3.63, 3.8) is 0 Å². The summed E-state index contributed by atoms with van der Waals surface area (Å²) in [5, 5.41) is 31.3. The molecule has 2 fully saturated rings. The third kappa shape index (κ3) is 3.15. The number of fused-ring (bicyclic) bond motifs is 1. The Morgan fingerprint density at radius 3 is 2.81 bits per heavy atom. The number of sulfone groups is 1. The number of hydrogen-bond donors (Lipinski definition) is 4. The van der Waals surface area contributed by atoms with Gasteiger partial charge in [0.1, 0.15) is 20.8 Å². The molecule has 0 aliphatic carbocycles. The van der Waals surface area contributed by atoms with Gasteiger partial charge in [-0.25, -0.2) is 18.2 Å². The molecule has 0 saturated carbocycles. The molecule has 2 aliphatic heterocycles. The third-order valence-corrected chi connectivity index (χ3v) is 8.82. The summed E-state index contributed by atoms with van der Waals surface area (Å²) in [7, 11) is -3.94. The summed E-state index contributed by atoms with van der Waals surface area (Å²) in [5.74, 6) is -2.77. The number of carboxylic acids is 1. The Morgan fingerprint density at radius 2 is 2.16 bits per heavy atom. The summed E-state index contributed by atoms with van der Waals surface area (Å²) in [6, 6.07) is 1.13. The third-order valence-electron chi connectivity index (χ3n) is 5.67. The van der Waals surface area contributed by atoms with E-state index >= 15 is 0 Å². The number of phenols is 2. The van der Waals surface area contributed by atoms with E-state index < -0.39 is 43.6 Å². The highest BCUT2D eigenvalue weighted by Crippen LogP contribution is 2.46. The lowest BCUT2D eigenvalue weighted by molar-refractivity contribution is -0.157. The second kappa shape index (κ2) is 7.38. The number of nitrogens with zero attached hydrogens (tertiary/aromatic N) is 4. The molecule has 0 radical (unpaired) electrons. The number of anilines is 1. The molecular weight excluding hydrogens is 466 g/mol. The molecule has 2 aliphatic rings. The molecule has 170 valence electrons. The summed E-state index contributed by atoms with van der Waals surface area (Å²) in [4.78, 5) is 28.7. The highest BCUT2D eigenvalue weighted by molar-refractivity contribution is 7.93. The zero-order chi connectivity index (χ0) is 23.4. The van der Waals surface area contributed by atoms with E-state index in [1.807, 2.05) is 0 Å². The van der Waals surface area contributed by atoms with Crippen molar-refractivity contribution in [2.24, 2.45) is 5.10 Å². The summed E-state index contributed by atoms with van der Waals surface area (Å²) >= 11 is 5.90. The molecule has 4 rings (SSSR count). The maximum absolute atomic E-state index is 13.0. The number of nitrogens with one attached hydrogen (secondary N) is 1. The normalized spacial score (nSPS) is 26.2. The molecule has 32 heavy (non-hydrogen) atoms. The Bertz CT molecular complexity index is 1260. The molecule has 4 N–H and O–H groups in total. The Labute approximate surface area is 186 Å². The average molecular weight is 484 g/mol. The van der Waals surface area contributed by atoms with E-state index in [-0.39, 0.29) is 29.4 Å². The zero-order valence-corrected chi connectivity index (χ0v) is 18.1. The van der Waals surface area contributed by atoms with Crippen LogP contribution in [0, 0.1) is 0 Å². The number of aromatic hydroxyl groups is 2. The first kappa shape index (κ1) is 21.9. The first-order chi connectivity index (χ1) is 15.0. The second-order valence-electron chi connectivity index (χ2n) is 7.69. The number of carbonyl (C=O) groups is 2. The van der Waals surface area contributed by atoms with Crippen LogP contribution in [0.1, 0.15) is 19.0 Å². The number of amides is 1. The van der Waals surface area contributed by atoms with Gasteiger partial charge in [-0.2, -0.15) is 5.10 Å². The van der Waals surface area contributed by atoms with Crippen molar-refractivity contribution in [1.29, 1.82) is 0 Å². The number of carboxylic acid groups (broad SMARTS) is 1. The molecule has 2 saturated heterocycles. The van der Waals surface area contributed by atoms with Gasteiger partial charge >= 0.3 is 5.97 Å². The number of aliphatic carboxylic acids is 1. The van der Waals surface area contributed by atoms with Gasteiger partial charge in [0.25, 0.3) is 0 Å². The first-order valence-electron chi connectivity index (χ1n) is 9.26. The standard InChI is InChI=1S/C18H18ClN5O7S/c1-18(16(17(28)29)24-12(26)4-13(24)32(18,30)31)7-23-6-9(20-8-23)5-21-22-10-2-3-11(25)15(27)14(10)19/h2-3,5-6,8,13,16,22,25,27H,4,7H2,1H3,(H,28,29)/b21-5+/t13-,16+,18+/m1/s1. The molecule has 12 nitrogen and oxygen atoms in total. The van der Waals surface area contributed by atoms with Gasteiger partial charge in [0, 0.05) is 12.7 Å². The van der Waals surface area contributed by atoms with Gasteiger partial charge < -0.3 is 24.8 Å². The van der Waals surface area contributed by atoms with E-state index in [2.05, 4.69) is 15.5 Å². The van der Waals surface area contributed by atoms with Gasteiger partial charge in [-0.1, -0.05) is 11.6 Å². The predicted octanol–water partition coefficient (Wildman–Crippen LogP) is 0.592. The Morgan fingerprint density at radius 1 is 1.44 bits per heavy atom. The minimum atomic E-state index is -3.94. The van der Waals surface area contributed by atoms with Crippen LogP contribution in [-0.2, 0) is 26.0 Å². The number of imidazole rings is 1. The van der Waals surface area contributed by atoms with Gasteiger partial charge in [0.15, 0.2) is 27.4 Å². The molecule has 0 bridgehead atoms. The highest BCUT2D eigenvalue weighted by atomic mass is 35.5. The van der Waals surface area contributed by atoms with Crippen LogP contribution in [0.2, 0.25) is 5.02 Å². The average Bonchev–Trinajstić information content (AvgIpc) is 3.20. The molecule has 0 spiro atoms. The van der Waals surface area contributed by atoms with Crippen molar-refractivity contribution in [2.45, 2.75) is 36.1 Å². The van der Waals surface area contributed by atoms with Crippen molar-refractivity contribution in [2.75, 3.05) is 5.43 Å². The number of carbonyl (C=O) groups excluding carboxylic acids is 1. The largest absolute Gasteiger partial charge is 0.504 e. The molecule has 1 amide bonds. The Hall–Kier alpha value is -3.32. The molecule has 1 aromatic carbocycles. The number of halogens is 1. The molecule has 14 heteroatoms. The van der Waals surface area contributed by atoms with E-state index in [0.717, 1.165) is 4.90 Å². The van der Waals surface area contributed by atoms with Crippen LogP contribution in [-0.4, -0.2) is 72.4 Å². The molecule has 2 aromatic rings. The highest BCUT2D eigenvalue weighted by Gasteiger charge is 2.69. The van der Waals surface area contributed by atoms with E-state index in [4.69, 9.17) is 11.6 Å². The maximum atomic E-state index is 13.0. The number of rotatable bonds is 6. The summed E-state index contributed by atoms with van der Waals surface area (Å²) in [6.45, 7) is 1.10. The minimum Gasteiger partial charge on any atom is -0.504 e. The molecule has 3 heterocycles. The SMILES string of the molecule is C[C@]1(Cn2cnc(/C=N/Nc3ccc(O)c(O)c3Cl)c2)[C@H](C(=O)O)N2C(=O)C[C@H]2S1(=O)=O. The van der Waals surface area contributed by atoms with Crippen molar-refractivity contribution < 1.29 is 33.3 Å². The summed E-state index contributed by atoms with van der Waals surface area (Å²) in [5.41, 5.74) is 3.12. The fourth-order valence-corrected chi connectivity index (χ4v) is 6.57. The number of hydrazone groups is 1. The lowest BCUT2D eigenvalue weighted by Crippen LogP contribution is -2.58. The van der Waals surface area contributed by atoms with Crippen LogP contribution in [0.3, 0.4) is 0 Å². The number of aromatic nitrogens is 2. The molecule has 1 aromatic heterocycles. The van der Waals surface area contributed by atoms with Gasteiger partial charge in [0.2, 0.25) is 5.91 Å². The zero-order valence-electron chi connectivity index (χ0n) is 16.5. The maximum Gasteiger partial charge on any atom is 0.328 e. The molecule has 0 unspecified atom stereocenters. The number of phenolic OH excluding ortho intramolecular Hbond substituents is 2. The van der Waals surface area contributed by atoms with Crippen LogP contribution in [0.25, 0.3) is 0 Å². The lowest BCUT2D eigenvalue weighted by Gasteiger charge is -2.35. The summed E-state index contributed by atoms with van der Waals surface area (Å²) < 4.78 is 25.6. The van der Waals surface area contributed by atoms with Crippen LogP contribution < -0.4 is 5.43 Å². The summed E-state index contributed by atoms with van der Waals surface area (Å²) in [6.07, 6.45) is 3.88. The van der Waals surface area contributed by atoms with Gasteiger partial charge in [-0.15, -0.1) is 0 Å². The van der Waals surface area contributed by atoms with E-state index in [1.54, 1.807) is 0 Å². The first-order valence-corrected chi connectivity index (χ1v) is 11.2. The second-order valence-corrected chi connectivity index (χ2v) is 10.6. The lowest BCUT2D eigenvalue weighted by atomic mass is 9.96. The fraction of sp³-hybridized carbons (Fsp3) is 0.333. The quantitative estimate of drug-likeness (QED) is 0.151. The number of benzene rings is 1. The predicted molar refractivity (Wildman–Crippen MR) is 112 cm³/mol. The van der Waals surface area contributed by atoms with E-state index in [1.165, 1.54) is 42.4 Å². The topological polar surface area (TPSA) is 174 Å². The van der Waals surface area contributed by atoms with Gasteiger partial charge in [0.05, 0.1) is 24.7 Å². The van der Waals surface area contributed by atoms with Crippen LogP contribution in [0.4, 0.5) is 5.69 Å². The van der Waals surface area contributed by atoms with Gasteiger partial charge in [-0.3, -0.25) is 10.2 Å². The van der Waals surface area contributed by atoms with Gasteiger partial charge in [-0.05, 0) is 19.1 Å². The number of β-lactam (4-membered cyclic amide) rings is 1. The minimum absolute atomic E-state index is 0.133. The van der Waals surface area contributed by atoms with Crippen molar-refractivity contribution >= 4 is 45.2 Å². The van der Waals surface area contributed by atoms with E-state index in [0.29, 0.717) is 5.69 Å². The fourth-order valence-electron chi connectivity index (χ4n) is 3.99. The smallest absolute Gasteiger partial charge is 0.328 e. The Balaban J connectivity index is 1.53. The van der Waals surface area contributed by atoms with Crippen molar-refractivity contribution in [3.05, 3.63) is 35.4 Å². The van der Waals surface area contributed by atoms with Crippen LogP contribution in [0.5, 0.6) is 11.5 Å². The molecular formula is C18H18ClN5O7S.